The molecule has 2 aromatic carbocycles. The molecule has 0 saturated carbocycles. The van der Waals surface area contributed by atoms with Gasteiger partial charge in [-0.1, -0.05) is 65.6 Å². The van der Waals surface area contributed by atoms with Crippen molar-refractivity contribution in [3.8, 4) is 0 Å². The normalized spacial score (nSPS) is 12.5. The third-order valence-corrected chi connectivity index (χ3v) is 5.98. The Balaban J connectivity index is 1.49. The Morgan fingerprint density at radius 3 is 2.69 bits per heavy atom. The summed E-state index contributed by atoms with van der Waals surface area (Å²) in [5.41, 5.74) is 8.39. The van der Waals surface area contributed by atoms with Crippen LogP contribution in [-0.2, 0) is 12.2 Å². The van der Waals surface area contributed by atoms with Crippen LogP contribution in [0.3, 0.4) is 0 Å². The topological polar surface area (TPSA) is 69.1 Å². The minimum Gasteiger partial charge on any atom is -0.321 e. The van der Waals surface area contributed by atoms with E-state index in [1.165, 1.54) is 23.5 Å². The molecule has 132 valence electrons. The van der Waals surface area contributed by atoms with Crippen molar-refractivity contribution >= 4 is 28.1 Å². The van der Waals surface area contributed by atoms with E-state index in [0.717, 1.165) is 15.5 Å². The molecule has 0 aliphatic heterocycles. The number of nitrogens with zero attached hydrogens (tertiary/aromatic N) is 4. The first kappa shape index (κ1) is 17.1. The van der Waals surface area contributed by atoms with Crippen molar-refractivity contribution < 1.29 is 4.39 Å². The van der Waals surface area contributed by atoms with Crippen molar-refractivity contribution in [2.45, 2.75) is 22.6 Å². The molecule has 0 spiro atoms. The Morgan fingerprint density at radius 1 is 1.08 bits per heavy atom. The summed E-state index contributed by atoms with van der Waals surface area (Å²) in [6.07, 6.45) is 0.672. The minimum atomic E-state index is -0.282. The van der Waals surface area contributed by atoms with Gasteiger partial charge in [-0.15, -0.1) is 15.3 Å². The zero-order valence-electron chi connectivity index (χ0n) is 13.7. The minimum absolute atomic E-state index is 0.226. The lowest BCUT2D eigenvalue weighted by Gasteiger charge is -2.08. The predicted molar refractivity (Wildman–Crippen MR) is 102 cm³/mol. The van der Waals surface area contributed by atoms with Gasteiger partial charge in [0, 0.05) is 5.75 Å². The second kappa shape index (κ2) is 7.53. The summed E-state index contributed by atoms with van der Waals surface area (Å²) in [5, 5.41) is 13.0. The highest BCUT2D eigenvalue weighted by atomic mass is 32.2. The Kier molecular flexibility index (Phi) is 4.96. The van der Waals surface area contributed by atoms with Crippen LogP contribution in [0.25, 0.3) is 4.96 Å². The van der Waals surface area contributed by atoms with Gasteiger partial charge in [-0.2, -0.15) is 4.52 Å². The number of benzene rings is 2. The van der Waals surface area contributed by atoms with Gasteiger partial charge < -0.3 is 5.73 Å². The van der Waals surface area contributed by atoms with E-state index in [4.69, 9.17) is 5.73 Å². The molecule has 0 amide bonds. The van der Waals surface area contributed by atoms with Crippen molar-refractivity contribution in [1.29, 1.82) is 0 Å². The number of nitrogens with two attached hydrogens (primary N) is 1. The number of rotatable bonds is 6. The number of halogens is 1. The first-order valence-electron chi connectivity index (χ1n) is 8.08. The summed E-state index contributed by atoms with van der Waals surface area (Å²) >= 11 is 3.01. The van der Waals surface area contributed by atoms with E-state index in [9.17, 15) is 4.39 Å². The number of fused-ring (bicyclic) bond motifs is 1. The van der Waals surface area contributed by atoms with E-state index in [1.54, 1.807) is 22.3 Å². The summed E-state index contributed by atoms with van der Waals surface area (Å²) in [5.74, 6) is 1.07. The highest BCUT2D eigenvalue weighted by Crippen LogP contribution is 2.28. The van der Waals surface area contributed by atoms with E-state index in [1.807, 2.05) is 36.4 Å². The molecular formula is C18H16FN5S2. The monoisotopic (exact) mass is 385 g/mol. The Morgan fingerprint density at radius 2 is 1.88 bits per heavy atom. The third-order valence-electron chi connectivity index (χ3n) is 3.88. The average molecular weight is 385 g/mol. The SMILES string of the molecule is N[C@@H](Cc1ccccc1)c1nnc2sc(SCc3cccc(F)c3)nn12. The van der Waals surface area contributed by atoms with Gasteiger partial charge in [-0.25, -0.2) is 4.39 Å². The second-order valence-corrected chi connectivity index (χ2v) is 8.01. The van der Waals surface area contributed by atoms with Gasteiger partial charge in [-0.3, -0.25) is 0 Å². The predicted octanol–water partition coefficient (Wildman–Crippen LogP) is 3.86. The van der Waals surface area contributed by atoms with Crippen molar-refractivity contribution in [2.75, 3.05) is 0 Å². The molecule has 0 aliphatic rings. The largest absolute Gasteiger partial charge is 0.321 e. The fraction of sp³-hybridized carbons (Fsp3) is 0.167. The Bertz CT molecular complexity index is 1010. The van der Waals surface area contributed by atoms with Crippen molar-refractivity contribution in [1.82, 2.24) is 19.8 Å². The maximum absolute atomic E-state index is 13.3. The van der Waals surface area contributed by atoms with Crippen LogP contribution in [0.5, 0.6) is 0 Å². The Labute approximate surface area is 158 Å². The molecule has 5 nitrogen and oxygen atoms in total. The van der Waals surface area contributed by atoms with Gasteiger partial charge in [0.2, 0.25) is 4.96 Å². The molecule has 0 saturated heterocycles. The van der Waals surface area contributed by atoms with Gasteiger partial charge in [-0.05, 0) is 29.7 Å². The lowest BCUT2D eigenvalue weighted by atomic mass is 10.1. The molecule has 4 rings (SSSR count). The fourth-order valence-electron chi connectivity index (χ4n) is 2.64. The van der Waals surface area contributed by atoms with Crippen LogP contribution in [0, 0.1) is 5.82 Å². The highest BCUT2D eigenvalue weighted by Gasteiger charge is 2.18. The molecule has 2 N–H and O–H groups in total. The van der Waals surface area contributed by atoms with Crippen LogP contribution in [-0.4, -0.2) is 19.8 Å². The van der Waals surface area contributed by atoms with Crippen molar-refractivity contribution in [3.63, 3.8) is 0 Å². The zero-order chi connectivity index (χ0) is 17.9. The van der Waals surface area contributed by atoms with E-state index in [0.29, 0.717) is 23.0 Å². The van der Waals surface area contributed by atoms with Gasteiger partial charge >= 0.3 is 0 Å². The highest BCUT2D eigenvalue weighted by molar-refractivity contribution is 8.00. The summed E-state index contributed by atoms with van der Waals surface area (Å²) < 4.78 is 15.8. The molecular weight excluding hydrogens is 369 g/mol. The molecule has 4 aromatic rings. The summed E-state index contributed by atoms with van der Waals surface area (Å²) in [7, 11) is 0. The first-order valence-corrected chi connectivity index (χ1v) is 9.88. The van der Waals surface area contributed by atoms with Crippen molar-refractivity contribution in [2.24, 2.45) is 5.73 Å². The lowest BCUT2D eigenvalue weighted by Crippen LogP contribution is -2.17. The Hall–Kier alpha value is -2.29. The van der Waals surface area contributed by atoms with E-state index < -0.39 is 0 Å². The maximum Gasteiger partial charge on any atom is 0.235 e. The first-order chi connectivity index (χ1) is 12.7. The maximum atomic E-state index is 13.3. The molecule has 0 fully saturated rings. The molecule has 26 heavy (non-hydrogen) atoms. The molecule has 2 aromatic heterocycles. The number of hydrogen-bond donors (Lipinski definition) is 1. The lowest BCUT2D eigenvalue weighted by molar-refractivity contribution is 0.626. The quantitative estimate of drug-likeness (QED) is 0.511. The summed E-state index contributed by atoms with van der Waals surface area (Å²) in [6.45, 7) is 0. The van der Waals surface area contributed by atoms with Crippen molar-refractivity contribution in [3.05, 3.63) is 77.4 Å². The zero-order valence-corrected chi connectivity index (χ0v) is 15.4. The summed E-state index contributed by atoms with van der Waals surface area (Å²) in [6, 6.07) is 16.4. The molecule has 1 atom stereocenters. The number of hydrogen-bond acceptors (Lipinski definition) is 6. The van der Waals surface area contributed by atoms with Gasteiger partial charge in [0.25, 0.3) is 0 Å². The van der Waals surface area contributed by atoms with Gasteiger partial charge in [0.05, 0.1) is 6.04 Å². The molecule has 0 unspecified atom stereocenters. The molecule has 0 radical (unpaired) electrons. The van der Waals surface area contributed by atoms with Crippen LogP contribution < -0.4 is 5.73 Å². The average Bonchev–Trinajstić information content (AvgIpc) is 3.21. The van der Waals surface area contributed by atoms with Gasteiger partial charge in [0.1, 0.15) is 5.82 Å². The van der Waals surface area contributed by atoms with Gasteiger partial charge in [0.15, 0.2) is 10.2 Å². The fourth-order valence-corrected chi connectivity index (χ4v) is 4.46. The number of aromatic nitrogens is 4. The molecule has 2 heterocycles. The van der Waals surface area contributed by atoms with E-state index in [-0.39, 0.29) is 11.9 Å². The summed E-state index contributed by atoms with van der Waals surface area (Å²) in [4.78, 5) is 0.713. The van der Waals surface area contributed by atoms with Crippen LogP contribution in [0.1, 0.15) is 23.0 Å². The number of thioether (sulfide) groups is 1. The van der Waals surface area contributed by atoms with Crippen LogP contribution in [0.2, 0.25) is 0 Å². The molecule has 8 heteroatoms. The standard InChI is InChI=1S/C18H16FN5S2/c19-14-8-4-7-13(9-14)11-25-18-23-24-16(21-22-17(24)26-18)15(20)10-12-5-2-1-3-6-12/h1-9,15H,10-11,20H2/t15-/m0/s1. The van der Waals surface area contributed by atoms with E-state index in [2.05, 4.69) is 15.3 Å². The van der Waals surface area contributed by atoms with Crippen LogP contribution >= 0.6 is 23.1 Å². The molecule has 0 aliphatic carbocycles. The van der Waals surface area contributed by atoms with E-state index >= 15 is 0 Å². The van der Waals surface area contributed by atoms with Crippen LogP contribution in [0.15, 0.2) is 58.9 Å². The second-order valence-electron chi connectivity index (χ2n) is 5.84. The smallest absolute Gasteiger partial charge is 0.235 e. The third kappa shape index (κ3) is 3.77. The molecule has 0 bridgehead atoms. The van der Waals surface area contributed by atoms with Crippen LogP contribution in [0.4, 0.5) is 4.39 Å².